The first-order valence-electron chi connectivity index (χ1n) is 6.95. The van der Waals surface area contributed by atoms with Crippen LogP contribution in [0.15, 0.2) is 54.9 Å². The SMILES string of the molecule is Cc1ccc(NCCc2ccccc2)cc1-n1cnnn1. The maximum atomic E-state index is 3.94. The highest BCUT2D eigenvalue weighted by atomic mass is 15.5. The van der Waals surface area contributed by atoms with Gasteiger partial charge in [0, 0.05) is 12.2 Å². The molecule has 0 saturated heterocycles. The third-order valence-corrected chi connectivity index (χ3v) is 3.39. The molecule has 0 saturated carbocycles. The van der Waals surface area contributed by atoms with E-state index in [0.29, 0.717) is 0 Å². The zero-order valence-corrected chi connectivity index (χ0v) is 11.9. The summed E-state index contributed by atoms with van der Waals surface area (Å²) in [5, 5.41) is 14.8. The summed E-state index contributed by atoms with van der Waals surface area (Å²) in [5.41, 5.74) is 4.53. The Labute approximate surface area is 123 Å². The first-order valence-corrected chi connectivity index (χ1v) is 6.95. The molecule has 5 heteroatoms. The summed E-state index contributed by atoms with van der Waals surface area (Å²) in [6, 6.07) is 16.7. The lowest BCUT2D eigenvalue weighted by Gasteiger charge is -2.10. The fourth-order valence-corrected chi connectivity index (χ4v) is 2.23. The van der Waals surface area contributed by atoms with Gasteiger partial charge in [-0.3, -0.25) is 0 Å². The third-order valence-electron chi connectivity index (χ3n) is 3.39. The second-order valence-corrected chi connectivity index (χ2v) is 4.92. The van der Waals surface area contributed by atoms with Crippen molar-refractivity contribution < 1.29 is 0 Å². The molecule has 106 valence electrons. The van der Waals surface area contributed by atoms with Crippen molar-refractivity contribution in [1.29, 1.82) is 0 Å². The Morgan fingerprint density at radius 2 is 1.95 bits per heavy atom. The van der Waals surface area contributed by atoms with Crippen LogP contribution < -0.4 is 5.32 Å². The molecule has 0 atom stereocenters. The number of rotatable bonds is 5. The van der Waals surface area contributed by atoms with E-state index in [9.17, 15) is 0 Å². The van der Waals surface area contributed by atoms with Crippen LogP contribution in [0.3, 0.4) is 0 Å². The highest BCUT2D eigenvalue weighted by Crippen LogP contribution is 2.18. The number of anilines is 1. The molecule has 0 radical (unpaired) electrons. The predicted octanol–water partition coefficient (Wildman–Crippen LogP) is 2.63. The third kappa shape index (κ3) is 3.25. The molecule has 0 bridgehead atoms. The molecule has 0 fully saturated rings. The van der Waals surface area contributed by atoms with Crippen LogP contribution in [-0.2, 0) is 6.42 Å². The number of nitrogens with one attached hydrogen (secondary N) is 1. The van der Waals surface area contributed by atoms with Crippen molar-refractivity contribution in [2.75, 3.05) is 11.9 Å². The largest absolute Gasteiger partial charge is 0.385 e. The van der Waals surface area contributed by atoms with Gasteiger partial charge in [0.2, 0.25) is 0 Å². The van der Waals surface area contributed by atoms with Crippen LogP contribution in [-0.4, -0.2) is 26.8 Å². The minimum absolute atomic E-state index is 0.891. The molecule has 3 aromatic rings. The van der Waals surface area contributed by atoms with Crippen LogP contribution in [0, 0.1) is 6.92 Å². The van der Waals surface area contributed by atoms with E-state index < -0.39 is 0 Å². The van der Waals surface area contributed by atoms with Gasteiger partial charge >= 0.3 is 0 Å². The summed E-state index contributed by atoms with van der Waals surface area (Å²) in [5.74, 6) is 0. The minimum Gasteiger partial charge on any atom is -0.385 e. The van der Waals surface area contributed by atoms with Gasteiger partial charge in [-0.05, 0) is 47.0 Å². The van der Waals surface area contributed by atoms with E-state index in [-0.39, 0.29) is 0 Å². The molecular weight excluding hydrogens is 262 g/mol. The maximum absolute atomic E-state index is 3.94. The van der Waals surface area contributed by atoms with Crippen molar-refractivity contribution >= 4 is 5.69 Å². The second-order valence-electron chi connectivity index (χ2n) is 4.92. The summed E-state index contributed by atoms with van der Waals surface area (Å²) in [6.07, 6.45) is 2.60. The summed E-state index contributed by atoms with van der Waals surface area (Å²) < 4.78 is 1.68. The monoisotopic (exact) mass is 279 g/mol. The zero-order chi connectivity index (χ0) is 14.5. The number of hydrogen-bond acceptors (Lipinski definition) is 4. The lowest BCUT2D eigenvalue weighted by molar-refractivity contribution is 0.785. The molecule has 5 nitrogen and oxygen atoms in total. The van der Waals surface area contributed by atoms with E-state index in [1.165, 1.54) is 5.56 Å². The van der Waals surface area contributed by atoms with E-state index >= 15 is 0 Å². The van der Waals surface area contributed by atoms with Gasteiger partial charge in [-0.2, -0.15) is 0 Å². The molecule has 0 amide bonds. The van der Waals surface area contributed by atoms with E-state index in [1.54, 1.807) is 11.0 Å². The molecule has 1 heterocycles. The number of aromatic nitrogens is 4. The highest BCUT2D eigenvalue weighted by molar-refractivity contribution is 5.54. The number of hydrogen-bond donors (Lipinski definition) is 1. The van der Waals surface area contributed by atoms with Crippen molar-refractivity contribution in [3.63, 3.8) is 0 Å². The Balaban J connectivity index is 1.68. The van der Waals surface area contributed by atoms with Crippen molar-refractivity contribution in [1.82, 2.24) is 20.2 Å². The summed E-state index contributed by atoms with van der Waals surface area (Å²) in [7, 11) is 0. The Kier molecular flexibility index (Phi) is 3.91. The van der Waals surface area contributed by atoms with Gasteiger partial charge in [0.1, 0.15) is 6.33 Å². The first kappa shape index (κ1) is 13.3. The van der Waals surface area contributed by atoms with E-state index in [4.69, 9.17) is 0 Å². The Morgan fingerprint density at radius 3 is 2.71 bits per heavy atom. The van der Waals surface area contributed by atoms with Gasteiger partial charge in [0.05, 0.1) is 5.69 Å². The van der Waals surface area contributed by atoms with Crippen molar-refractivity contribution in [3.8, 4) is 5.69 Å². The molecule has 3 rings (SSSR count). The van der Waals surface area contributed by atoms with Crippen LogP contribution in [0.1, 0.15) is 11.1 Å². The minimum atomic E-state index is 0.891. The lowest BCUT2D eigenvalue weighted by atomic mass is 10.1. The van der Waals surface area contributed by atoms with E-state index in [2.05, 4.69) is 63.3 Å². The quantitative estimate of drug-likeness (QED) is 0.780. The van der Waals surface area contributed by atoms with Crippen molar-refractivity contribution in [3.05, 3.63) is 66.0 Å². The molecule has 0 spiro atoms. The number of tetrazole rings is 1. The first-order chi connectivity index (χ1) is 10.3. The molecule has 21 heavy (non-hydrogen) atoms. The van der Waals surface area contributed by atoms with Crippen molar-refractivity contribution in [2.24, 2.45) is 0 Å². The molecule has 2 aromatic carbocycles. The van der Waals surface area contributed by atoms with Gasteiger partial charge in [0.15, 0.2) is 0 Å². The lowest BCUT2D eigenvalue weighted by Crippen LogP contribution is -2.06. The van der Waals surface area contributed by atoms with Gasteiger partial charge in [0.25, 0.3) is 0 Å². The molecule has 0 unspecified atom stereocenters. The van der Waals surface area contributed by atoms with Gasteiger partial charge in [-0.15, -0.1) is 5.10 Å². The van der Waals surface area contributed by atoms with E-state index in [0.717, 1.165) is 29.9 Å². The van der Waals surface area contributed by atoms with Crippen LogP contribution in [0.5, 0.6) is 0 Å². The average molecular weight is 279 g/mol. The van der Waals surface area contributed by atoms with Crippen LogP contribution in [0.4, 0.5) is 5.69 Å². The Morgan fingerprint density at radius 1 is 1.10 bits per heavy atom. The zero-order valence-electron chi connectivity index (χ0n) is 11.9. The van der Waals surface area contributed by atoms with E-state index in [1.807, 2.05) is 13.0 Å². The van der Waals surface area contributed by atoms with Crippen LogP contribution >= 0.6 is 0 Å². The smallest absolute Gasteiger partial charge is 0.143 e. The van der Waals surface area contributed by atoms with Gasteiger partial charge < -0.3 is 5.32 Å². The standard InChI is InChI=1S/C16H17N5/c1-13-7-8-15(11-16(13)21-12-18-19-20-21)17-10-9-14-5-3-2-4-6-14/h2-8,11-12,17H,9-10H2,1H3. The Hall–Kier alpha value is -2.69. The highest BCUT2D eigenvalue weighted by Gasteiger charge is 2.04. The molecule has 0 aliphatic carbocycles. The number of benzene rings is 2. The molecule has 0 aliphatic rings. The second kappa shape index (κ2) is 6.17. The van der Waals surface area contributed by atoms with Crippen LogP contribution in [0.25, 0.3) is 5.69 Å². The fourth-order valence-electron chi connectivity index (χ4n) is 2.23. The van der Waals surface area contributed by atoms with Crippen LogP contribution in [0.2, 0.25) is 0 Å². The Bertz CT molecular complexity index is 692. The molecule has 1 N–H and O–H groups in total. The number of aryl methyl sites for hydroxylation is 1. The summed E-state index contributed by atoms with van der Waals surface area (Å²) >= 11 is 0. The number of nitrogens with zero attached hydrogens (tertiary/aromatic N) is 4. The molecular formula is C16H17N5. The topological polar surface area (TPSA) is 55.6 Å². The average Bonchev–Trinajstić information content (AvgIpc) is 3.04. The summed E-state index contributed by atoms with van der Waals surface area (Å²) in [4.78, 5) is 0. The maximum Gasteiger partial charge on any atom is 0.143 e. The van der Waals surface area contributed by atoms with Crippen molar-refractivity contribution in [2.45, 2.75) is 13.3 Å². The molecule has 1 aromatic heterocycles. The predicted molar refractivity (Wildman–Crippen MR) is 82.5 cm³/mol. The summed E-state index contributed by atoms with van der Waals surface area (Å²) in [6.45, 7) is 2.94. The fraction of sp³-hybridized carbons (Fsp3) is 0.188. The molecule has 0 aliphatic heterocycles. The normalized spacial score (nSPS) is 10.5. The van der Waals surface area contributed by atoms with Gasteiger partial charge in [-0.1, -0.05) is 36.4 Å². The van der Waals surface area contributed by atoms with Gasteiger partial charge in [-0.25, -0.2) is 4.68 Å².